The van der Waals surface area contributed by atoms with Crippen molar-refractivity contribution in [2.75, 3.05) is 47.0 Å². The van der Waals surface area contributed by atoms with E-state index in [1.54, 1.807) is 0 Å². The third-order valence-corrected chi connectivity index (χ3v) is 7.37. The second-order valence-corrected chi connectivity index (χ2v) is 10.0. The Morgan fingerprint density at radius 2 is 0.971 bits per heavy atom. The largest absolute Gasteiger partial charge is 0.355 e. The summed E-state index contributed by atoms with van der Waals surface area (Å²) in [5.74, 6) is 0. The molecule has 0 atom stereocenters. The van der Waals surface area contributed by atoms with Gasteiger partial charge >= 0.3 is 0 Å². The molecule has 35 heavy (non-hydrogen) atoms. The minimum Gasteiger partial charge on any atom is -0.355 e. The van der Waals surface area contributed by atoms with Crippen LogP contribution in [0.4, 0.5) is 34.1 Å². The molecule has 2 aliphatic rings. The predicted octanol–water partition coefficient (Wildman–Crippen LogP) is 7.37. The molecule has 0 aromatic heterocycles. The fourth-order valence-corrected chi connectivity index (χ4v) is 5.89. The van der Waals surface area contributed by atoms with Gasteiger partial charge in [-0.15, -0.1) is 0 Å². The minimum absolute atomic E-state index is 0.838. The summed E-state index contributed by atoms with van der Waals surface area (Å²) in [6.07, 6.45) is 0. The van der Waals surface area contributed by atoms with Crippen LogP contribution in [0.1, 0.15) is 16.7 Å². The van der Waals surface area contributed by atoms with Crippen LogP contribution in [0.2, 0.25) is 0 Å². The summed E-state index contributed by atoms with van der Waals surface area (Å²) >= 11 is 0. The Balaban J connectivity index is 1.55. The number of nitrogens with zero attached hydrogens (tertiary/aromatic N) is 4. The average molecular weight is 461 g/mol. The molecule has 0 amide bonds. The van der Waals surface area contributed by atoms with Crippen molar-refractivity contribution in [3.63, 3.8) is 0 Å². The van der Waals surface area contributed by atoms with E-state index in [1.165, 1.54) is 61.9 Å². The highest BCUT2D eigenvalue weighted by atomic mass is 15.4. The van der Waals surface area contributed by atoms with Crippen molar-refractivity contribution >= 4 is 34.1 Å². The smallest absolute Gasteiger partial charge is 0.0950 e. The van der Waals surface area contributed by atoms with Crippen LogP contribution in [-0.2, 0) is 0 Å². The molecule has 0 saturated carbocycles. The van der Waals surface area contributed by atoms with Gasteiger partial charge in [0.1, 0.15) is 0 Å². The summed E-state index contributed by atoms with van der Waals surface area (Å²) in [5, 5.41) is 0. The standard InChI is InChI=1S/C31H32N4/c1-21-14-22(2)31(23(3)15-21)24-16-25(34-19-32(4)27-10-6-8-12-29(27)34)18-26(17-24)35-20-33(5)28-11-7-9-13-30(28)35/h6-18H,19-20H2,1-5H3. The molecule has 6 rings (SSSR count). The number of rotatable bonds is 3. The molecule has 4 heteroatoms. The number of hydrogen-bond acceptors (Lipinski definition) is 4. The first-order chi connectivity index (χ1) is 16.9. The fraction of sp³-hybridized carbons (Fsp3) is 0.226. The molecule has 4 nitrogen and oxygen atoms in total. The summed E-state index contributed by atoms with van der Waals surface area (Å²) in [6, 6.07) is 29.1. The van der Waals surface area contributed by atoms with Gasteiger partial charge in [-0.3, -0.25) is 0 Å². The van der Waals surface area contributed by atoms with Gasteiger partial charge in [0.15, 0.2) is 0 Å². The highest BCUT2D eigenvalue weighted by Crippen LogP contribution is 2.46. The van der Waals surface area contributed by atoms with E-state index in [1.807, 2.05) is 0 Å². The first-order valence-corrected chi connectivity index (χ1v) is 12.3. The lowest BCUT2D eigenvalue weighted by Crippen LogP contribution is -2.26. The summed E-state index contributed by atoms with van der Waals surface area (Å²) in [7, 11) is 4.34. The molecule has 2 aliphatic heterocycles. The van der Waals surface area contributed by atoms with Crippen molar-refractivity contribution in [3.8, 4) is 11.1 Å². The maximum absolute atomic E-state index is 2.44. The lowest BCUT2D eigenvalue weighted by molar-refractivity contribution is 0.940. The van der Waals surface area contributed by atoms with Gasteiger partial charge in [-0.1, -0.05) is 42.0 Å². The molecule has 0 saturated heterocycles. The predicted molar refractivity (Wildman–Crippen MR) is 150 cm³/mol. The third-order valence-electron chi connectivity index (χ3n) is 7.37. The Labute approximate surface area is 208 Å². The number of hydrogen-bond donors (Lipinski definition) is 0. The molecule has 0 bridgehead atoms. The molecule has 2 heterocycles. The van der Waals surface area contributed by atoms with Crippen LogP contribution in [-0.4, -0.2) is 27.4 Å². The maximum Gasteiger partial charge on any atom is 0.0950 e. The normalized spacial score (nSPS) is 14.5. The van der Waals surface area contributed by atoms with Crippen molar-refractivity contribution in [1.29, 1.82) is 0 Å². The Morgan fingerprint density at radius 1 is 0.543 bits per heavy atom. The highest BCUT2D eigenvalue weighted by Gasteiger charge is 2.28. The van der Waals surface area contributed by atoms with Crippen LogP contribution in [0.15, 0.2) is 78.9 Å². The van der Waals surface area contributed by atoms with Gasteiger partial charge in [-0.05, 0) is 85.5 Å². The summed E-state index contributed by atoms with van der Waals surface area (Å²) < 4.78 is 0. The van der Waals surface area contributed by atoms with Crippen LogP contribution in [0, 0.1) is 20.8 Å². The van der Waals surface area contributed by atoms with E-state index >= 15 is 0 Å². The van der Waals surface area contributed by atoms with Gasteiger partial charge in [-0.25, -0.2) is 0 Å². The molecule has 0 unspecified atom stereocenters. The molecular weight excluding hydrogens is 428 g/mol. The van der Waals surface area contributed by atoms with E-state index in [4.69, 9.17) is 0 Å². The average Bonchev–Trinajstić information content (AvgIpc) is 3.36. The fourth-order valence-electron chi connectivity index (χ4n) is 5.89. The van der Waals surface area contributed by atoms with Gasteiger partial charge < -0.3 is 19.6 Å². The van der Waals surface area contributed by atoms with Gasteiger partial charge in [0, 0.05) is 25.5 Å². The summed E-state index contributed by atoms with van der Waals surface area (Å²) in [6.45, 7) is 8.33. The van der Waals surface area contributed by atoms with Crippen molar-refractivity contribution in [2.24, 2.45) is 0 Å². The van der Waals surface area contributed by atoms with Crippen molar-refractivity contribution in [2.45, 2.75) is 20.8 Å². The van der Waals surface area contributed by atoms with Gasteiger partial charge in [-0.2, -0.15) is 0 Å². The Bertz CT molecular complexity index is 1340. The van der Waals surface area contributed by atoms with Crippen LogP contribution in [0.5, 0.6) is 0 Å². The molecule has 0 fully saturated rings. The Kier molecular flexibility index (Phi) is 4.99. The second-order valence-electron chi connectivity index (χ2n) is 10.0. The summed E-state index contributed by atoms with van der Waals surface area (Å²) in [5.41, 5.74) is 14.1. The SMILES string of the molecule is Cc1cc(C)c(-c2cc(N3CN(C)c4ccccc43)cc(N3CN(C)c4ccccc43)c2)c(C)c1. The lowest BCUT2D eigenvalue weighted by Gasteiger charge is -2.26. The van der Waals surface area contributed by atoms with Crippen LogP contribution in [0.25, 0.3) is 11.1 Å². The molecule has 0 N–H and O–H groups in total. The van der Waals surface area contributed by atoms with Crippen molar-refractivity contribution < 1.29 is 0 Å². The molecule has 0 aliphatic carbocycles. The number of para-hydroxylation sites is 4. The zero-order chi connectivity index (χ0) is 24.3. The first-order valence-electron chi connectivity index (χ1n) is 12.3. The van der Waals surface area contributed by atoms with Gasteiger partial charge in [0.2, 0.25) is 0 Å². The second kappa shape index (κ2) is 8.09. The van der Waals surface area contributed by atoms with E-state index in [0.717, 1.165) is 13.3 Å². The molecule has 176 valence electrons. The van der Waals surface area contributed by atoms with E-state index in [0.29, 0.717) is 0 Å². The van der Waals surface area contributed by atoms with E-state index in [9.17, 15) is 0 Å². The van der Waals surface area contributed by atoms with E-state index < -0.39 is 0 Å². The molecular formula is C31H32N4. The molecule has 4 aromatic carbocycles. The number of anilines is 6. The third kappa shape index (κ3) is 3.52. The minimum atomic E-state index is 0.838. The van der Waals surface area contributed by atoms with Crippen LogP contribution >= 0.6 is 0 Å². The van der Waals surface area contributed by atoms with E-state index in [2.05, 4.69) is 133 Å². The monoisotopic (exact) mass is 460 g/mol. The molecule has 4 aromatic rings. The van der Waals surface area contributed by atoms with Crippen molar-refractivity contribution in [1.82, 2.24) is 0 Å². The van der Waals surface area contributed by atoms with E-state index in [-0.39, 0.29) is 0 Å². The number of fused-ring (bicyclic) bond motifs is 2. The molecule has 0 radical (unpaired) electrons. The van der Waals surface area contributed by atoms with Crippen LogP contribution in [0.3, 0.4) is 0 Å². The zero-order valence-electron chi connectivity index (χ0n) is 21.2. The highest BCUT2D eigenvalue weighted by molar-refractivity contribution is 5.89. The van der Waals surface area contributed by atoms with Gasteiger partial charge in [0.05, 0.1) is 36.1 Å². The lowest BCUT2D eigenvalue weighted by atomic mass is 9.93. The Hall–Kier alpha value is -3.92. The number of benzene rings is 4. The van der Waals surface area contributed by atoms with Crippen LogP contribution < -0.4 is 19.6 Å². The zero-order valence-corrected chi connectivity index (χ0v) is 21.2. The molecule has 0 spiro atoms. The number of aryl methyl sites for hydroxylation is 3. The quantitative estimate of drug-likeness (QED) is 0.316. The summed E-state index contributed by atoms with van der Waals surface area (Å²) in [4.78, 5) is 9.52. The Morgan fingerprint density at radius 3 is 1.43 bits per heavy atom. The van der Waals surface area contributed by atoms with Crippen molar-refractivity contribution in [3.05, 3.63) is 95.6 Å². The first kappa shape index (κ1) is 21.6. The van der Waals surface area contributed by atoms with Gasteiger partial charge in [0.25, 0.3) is 0 Å². The maximum atomic E-state index is 2.44. The topological polar surface area (TPSA) is 13.0 Å².